The lowest BCUT2D eigenvalue weighted by Gasteiger charge is -2.31. The minimum atomic E-state index is -3.98. The smallest absolute Gasteiger partial charge is 0.407 e. The van der Waals surface area contributed by atoms with Crippen LogP contribution in [0.5, 0.6) is 17.2 Å². The van der Waals surface area contributed by atoms with Crippen molar-refractivity contribution in [3.05, 3.63) is 64.1 Å². The van der Waals surface area contributed by atoms with Crippen LogP contribution in [0.4, 0.5) is 4.79 Å². The van der Waals surface area contributed by atoms with Gasteiger partial charge in [0.2, 0.25) is 6.79 Å². The van der Waals surface area contributed by atoms with E-state index in [0.717, 1.165) is 16.3 Å². The maximum absolute atomic E-state index is 13.9. The van der Waals surface area contributed by atoms with Crippen molar-refractivity contribution in [1.29, 1.82) is 0 Å². The first-order valence-electron chi connectivity index (χ1n) is 17.0. The van der Waals surface area contributed by atoms with Gasteiger partial charge in [-0.15, -0.1) is 22.9 Å². The van der Waals surface area contributed by atoms with Crippen molar-refractivity contribution in [2.45, 2.75) is 75.0 Å². The summed E-state index contributed by atoms with van der Waals surface area (Å²) in [7, 11) is -3.98. The third kappa shape index (κ3) is 9.27. The zero-order valence-electron chi connectivity index (χ0n) is 28.9. The molecular weight excluding hydrogens is 738 g/mol. The monoisotopic (exact) mass is 779 g/mol. The molecule has 1 amide bonds. The van der Waals surface area contributed by atoms with Gasteiger partial charge in [-0.25, -0.2) is 18.2 Å². The van der Waals surface area contributed by atoms with Crippen molar-refractivity contribution in [2.24, 2.45) is 11.8 Å². The highest BCUT2D eigenvalue weighted by molar-refractivity contribution is 7.92. The zero-order chi connectivity index (χ0) is 36.8. The number of ether oxygens (including phenoxy) is 7. The van der Waals surface area contributed by atoms with E-state index < -0.39 is 63.6 Å². The largest absolute Gasteiger partial charge is 0.487 e. The molecule has 2 fully saturated rings. The van der Waals surface area contributed by atoms with Gasteiger partial charge in [-0.05, 0) is 55.5 Å². The fourth-order valence-electron chi connectivity index (χ4n) is 6.36. The first-order chi connectivity index (χ1) is 25.0. The van der Waals surface area contributed by atoms with E-state index in [1.807, 2.05) is 24.4 Å². The van der Waals surface area contributed by atoms with Crippen LogP contribution in [0.1, 0.15) is 36.5 Å². The Balaban J connectivity index is 1.21. The molecule has 52 heavy (non-hydrogen) atoms. The second kappa shape index (κ2) is 17.0. The van der Waals surface area contributed by atoms with Gasteiger partial charge in [0, 0.05) is 18.0 Å². The summed E-state index contributed by atoms with van der Waals surface area (Å²) in [5.41, 5.74) is 1.60. The molecule has 3 aliphatic rings. The number of rotatable bonds is 16. The summed E-state index contributed by atoms with van der Waals surface area (Å²) < 4.78 is 67.3. The fraction of sp³-hybridized carbons (Fsp3) is 0.514. The molecule has 2 N–H and O–H groups in total. The van der Waals surface area contributed by atoms with E-state index >= 15 is 0 Å². The average molecular weight is 780 g/mol. The first kappa shape index (κ1) is 38.1. The highest BCUT2D eigenvalue weighted by Gasteiger charge is 2.44. The highest BCUT2D eigenvalue weighted by Crippen LogP contribution is 2.36. The molecule has 282 valence electrons. The average Bonchev–Trinajstić information content (AvgIpc) is 3.93. The molecule has 0 saturated carbocycles. The van der Waals surface area contributed by atoms with Crippen LogP contribution in [0.2, 0.25) is 0 Å². The minimum Gasteiger partial charge on any atom is -0.487 e. The molecule has 0 spiro atoms. The number of hydrogen-bond acceptors (Lipinski definition) is 14. The first-order valence-corrected chi connectivity index (χ1v) is 19.9. The van der Waals surface area contributed by atoms with Crippen molar-refractivity contribution in [3.8, 4) is 17.2 Å². The molecule has 14 nitrogen and oxygen atoms in total. The third-order valence-corrected chi connectivity index (χ3v) is 12.3. The molecule has 0 bridgehead atoms. The highest BCUT2D eigenvalue weighted by atomic mass is 35.5. The SMILES string of the molecule is Cc1nc(COc2ccc(CC(NC(=O)OC3COC4OCCC34)C(CNC(C(C)C)S(=O)(=O)c3ccc4c(c3)OCO4)OC(=O)CCl)cc2)cs1. The number of esters is 1. The molecule has 4 heterocycles. The quantitative estimate of drug-likeness (QED) is 0.156. The summed E-state index contributed by atoms with van der Waals surface area (Å²) in [6.07, 6.45) is -1.89. The molecule has 17 heteroatoms. The molecule has 6 unspecified atom stereocenters. The standard InChI is InChI=1S/C35H42ClN3O11S2/c1-20(2)33(52(42,43)25-8-9-28-29(13-25)48-19-47-28)37-15-30(49-32(40)14-36)27(39-35(41)50-31-17-46-34-26(31)10-11-44-34)12-22-4-6-24(7-5-22)45-16-23-18-51-21(3)38-23/h4-9,13,18,20,26-27,30-31,33-34,37H,10-12,14-17,19H2,1-3H3,(H,39,41). The van der Waals surface area contributed by atoms with Crippen molar-refractivity contribution in [2.75, 3.05) is 32.4 Å². The Morgan fingerprint density at radius 2 is 1.88 bits per heavy atom. The number of halogens is 1. The van der Waals surface area contributed by atoms with Crippen LogP contribution in [0.3, 0.4) is 0 Å². The molecule has 3 aromatic rings. The van der Waals surface area contributed by atoms with E-state index in [1.165, 1.54) is 12.1 Å². The molecule has 1 aromatic heterocycles. The van der Waals surface area contributed by atoms with Gasteiger partial charge in [0.05, 0.1) is 40.8 Å². The molecule has 0 aliphatic carbocycles. The Labute approximate surface area is 311 Å². The number of aryl methyl sites for hydroxylation is 1. The minimum absolute atomic E-state index is 0.0000170. The van der Waals surface area contributed by atoms with E-state index in [-0.39, 0.29) is 37.2 Å². The van der Waals surface area contributed by atoms with Gasteiger partial charge in [0.1, 0.15) is 35.8 Å². The molecule has 3 aliphatic heterocycles. The molecule has 0 radical (unpaired) electrons. The van der Waals surface area contributed by atoms with Crippen molar-refractivity contribution in [1.82, 2.24) is 15.6 Å². The number of carbonyl (C=O) groups is 2. The molecule has 6 rings (SSSR count). The maximum atomic E-state index is 13.9. The summed E-state index contributed by atoms with van der Waals surface area (Å²) in [6.45, 7) is 6.31. The lowest BCUT2D eigenvalue weighted by molar-refractivity contribution is -0.147. The van der Waals surface area contributed by atoms with Gasteiger partial charge in [0.15, 0.2) is 27.6 Å². The Morgan fingerprint density at radius 3 is 2.62 bits per heavy atom. The Bertz CT molecular complexity index is 1810. The van der Waals surface area contributed by atoms with Crippen molar-refractivity contribution >= 4 is 44.8 Å². The summed E-state index contributed by atoms with van der Waals surface area (Å²) >= 11 is 7.41. The molecule has 2 aromatic carbocycles. The number of carbonyl (C=O) groups excluding carboxylic acids is 2. The number of thiazole rings is 1. The summed E-state index contributed by atoms with van der Waals surface area (Å²) in [4.78, 5) is 30.6. The van der Waals surface area contributed by atoms with Gasteiger partial charge in [-0.3, -0.25) is 10.1 Å². The predicted octanol–water partition coefficient (Wildman–Crippen LogP) is 4.35. The Hall–Kier alpha value is -3.67. The van der Waals surface area contributed by atoms with Crippen LogP contribution < -0.4 is 24.8 Å². The topological polar surface area (TPSA) is 170 Å². The number of alkyl carbamates (subject to hydrolysis) is 1. The second-order valence-corrected chi connectivity index (χ2v) is 16.4. The third-order valence-electron chi connectivity index (χ3n) is 8.95. The van der Waals surface area contributed by atoms with Crippen LogP contribution in [0.15, 0.2) is 52.7 Å². The number of hydrogen-bond donors (Lipinski definition) is 2. The number of nitrogens with zero attached hydrogens (tertiary/aromatic N) is 1. The Morgan fingerprint density at radius 1 is 1.10 bits per heavy atom. The van der Waals surface area contributed by atoms with Gasteiger partial charge in [-0.1, -0.05) is 26.0 Å². The maximum Gasteiger partial charge on any atom is 0.407 e. The lowest BCUT2D eigenvalue weighted by Crippen LogP contribution is -2.54. The Kier molecular flexibility index (Phi) is 12.4. The normalized spacial score (nSPS) is 21.0. The number of amides is 1. The van der Waals surface area contributed by atoms with Gasteiger partial charge >= 0.3 is 12.1 Å². The van der Waals surface area contributed by atoms with Crippen LogP contribution in [-0.2, 0) is 46.6 Å². The number of benzene rings is 2. The van der Waals surface area contributed by atoms with Crippen molar-refractivity contribution in [3.63, 3.8) is 0 Å². The number of aromatic nitrogens is 1. The van der Waals surface area contributed by atoms with Gasteiger partial charge in [0.25, 0.3) is 0 Å². The number of nitrogens with one attached hydrogen (secondary N) is 2. The van der Waals surface area contributed by atoms with E-state index in [9.17, 15) is 18.0 Å². The van der Waals surface area contributed by atoms with Crippen LogP contribution >= 0.6 is 22.9 Å². The van der Waals surface area contributed by atoms with Gasteiger partial charge < -0.3 is 38.5 Å². The second-order valence-electron chi connectivity index (χ2n) is 13.0. The number of fused-ring (bicyclic) bond motifs is 2. The molecule has 6 atom stereocenters. The number of alkyl halides is 1. The van der Waals surface area contributed by atoms with Crippen LogP contribution in [-0.4, -0.2) is 87.8 Å². The summed E-state index contributed by atoms with van der Waals surface area (Å²) in [5, 5.41) is 7.77. The molecule has 2 saturated heterocycles. The fourth-order valence-corrected chi connectivity index (χ4v) is 8.87. The van der Waals surface area contributed by atoms with Crippen LogP contribution in [0, 0.1) is 18.8 Å². The summed E-state index contributed by atoms with van der Waals surface area (Å²) in [5.74, 6) is -0.304. The zero-order valence-corrected chi connectivity index (χ0v) is 31.3. The molecular formula is C35H42ClN3O11S2. The van der Waals surface area contributed by atoms with E-state index in [2.05, 4.69) is 15.6 Å². The van der Waals surface area contributed by atoms with Crippen LogP contribution in [0.25, 0.3) is 0 Å². The number of sulfone groups is 1. The van der Waals surface area contributed by atoms with Crippen molar-refractivity contribution < 1.29 is 51.2 Å². The predicted molar refractivity (Wildman–Crippen MR) is 189 cm³/mol. The van der Waals surface area contributed by atoms with E-state index in [4.69, 9.17) is 44.8 Å². The van der Waals surface area contributed by atoms with E-state index in [0.29, 0.717) is 36.9 Å². The lowest BCUT2D eigenvalue weighted by atomic mass is 10.0. The van der Waals surface area contributed by atoms with Gasteiger partial charge in [-0.2, -0.15) is 0 Å². The van der Waals surface area contributed by atoms with E-state index in [1.54, 1.807) is 43.4 Å². The summed E-state index contributed by atoms with van der Waals surface area (Å²) in [6, 6.07) is 10.8.